The Bertz CT molecular complexity index is 2350. The van der Waals surface area contributed by atoms with E-state index >= 15 is 4.39 Å². The number of benzene rings is 2. The number of imidazole rings is 1. The fourth-order valence-electron chi connectivity index (χ4n) is 7.56. The smallest absolute Gasteiger partial charge is 0.264 e. The maximum absolute atomic E-state index is 15.7. The van der Waals surface area contributed by atoms with Crippen molar-refractivity contribution in [1.29, 1.82) is 0 Å². The van der Waals surface area contributed by atoms with E-state index in [4.69, 9.17) is 20.2 Å². The third-order valence-electron chi connectivity index (χ3n) is 10.5. The Hall–Kier alpha value is -6.30. The lowest BCUT2D eigenvalue weighted by molar-refractivity contribution is -0.128. The van der Waals surface area contributed by atoms with Gasteiger partial charge in [-0.15, -0.1) is 0 Å². The Labute approximate surface area is 340 Å². The second kappa shape index (κ2) is 18.5. The molecule has 0 saturated carbocycles. The fourth-order valence-corrected chi connectivity index (χ4v) is 7.56. The summed E-state index contributed by atoms with van der Waals surface area (Å²) < 4.78 is 29.1. The van der Waals surface area contributed by atoms with Gasteiger partial charge >= 0.3 is 0 Å². The van der Waals surface area contributed by atoms with Gasteiger partial charge in [-0.3, -0.25) is 38.9 Å². The van der Waals surface area contributed by atoms with Gasteiger partial charge in [0.15, 0.2) is 5.65 Å². The summed E-state index contributed by atoms with van der Waals surface area (Å²) in [6, 6.07) is 16.5. The van der Waals surface area contributed by atoms with Crippen molar-refractivity contribution >= 4 is 52.5 Å². The summed E-state index contributed by atoms with van der Waals surface area (Å²) in [5, 5.41) is 5.23. The van der Waals surface area contributed by atoms with Gasteiger partial charge in [-0.1, -0.05) is 19.4 Å². The number of rotatable bonds is 18. The van der Waals surface area contributed by atoms with Crippen LogP contribution in [0.25, 0.3) is 28.1 Å². The number of piperazine rings is 1. The average molecular weight is 807 g/mol. The number of anilines is 3. The maximum Gasteiger partial charge on any atom is 0.264 e. The summed E-state index contributed by atoms with van der Waals surface area (Å²) in [6.45, 7) is 9.34. The van der Waals surface area contributed by atoms with E-state index in [1.165, 1.54) is 6.07 Å². The molecule has 3 aromatic heterocycles. The summed E-state index contributed by atoms with van der Waals surface area (Å²) in [5.41, 5.74) is 10.8. The molecule has 5 heterocycles. The first-order chi connectivity index (χ1) is 28.7. The predicted octanol–water partition coefficient (Wildman–Crippen LogP) is 3.82. The molecule has 7 rings (SSSR count). The van der Waals surface area contributed by atoms with Crippen LogP contribution in [-0.4, -0.2) is 125 Å². The Morgan fingerprint density at radius 1 is 0.966 bits per heavy atom. The van der Waals surface area contributed by atoms with Crippen molar-refractivity contribution in [3.05, 3.63) is 89.6 Å². The molecule has 4 amide bonds. The third-order valence-corrected chi connectivity index (χ3v) is 10.5. The van der Waals surface area contributed by atoms with Gasteiger partial charge in [-0.25, -0.2) is 19.3 Å². The molecule has 1 unspecified atom stereocenters. The molecule has 2 aliphatic heterocycles. The minimum atomic E-state index is -1.08. The summed E-state index contributed by atoms with van der Waals surface area (Å²) in [5.74, 6) is -1.05. The van der Waals surface area contributed by atoms with Crippen molar-refractivity contribution in [2.45, 2.75) is 32.7 Å². The largest absolute Gasteiger partial charge is 0.384 e. The normalized spacial score (nSPS) is 14.8. The van der Waals surface area contributed by atoms with Crippen LogP contribution in [-0.2, 0) is 19.1 Å². The summed E-state index contributed by atoms with van der Waals surface area (Å²) in [6.07, 6.45) is 2.65. The lowest BCUT2D eigenvalue weighted by Gasteiger charge is -2.36. The monoisotopic (exact) mass is 806 g/mol. The molecule has 0 radical (unpaired) electrons. The Kier molecular flexibility index (Phi) is 12.8. The van der Waals surface area contributed by atoms with E-state index in [9.17, 15) is 19.2 Å². The number of fused-ring (bicyclic) bond motifs is 2. The highest BCUT2D eigenvalue weighted by molar-refractivity contribution is 6.25. The summed E-state index contributed by atoms with van der Waals surface area (Å²) in [4.78, 5) is 68.7. The summed E-state index contributed by atoms with van der Waals surface area (Å²) >= 11 is 0. The number of aromatic nitrogens is 4. The number of nitrogens with one attached hydrogen (secondary N) is 2. The third kappa shape index (κ3) is 8.91. The highest BCUT2D eigenvalue weighted by Gasteiger charge is 2.43. The molecule has 0 aliphatic carbocycles. The van der Waals surface area contributed by atoms with E-state index in [2.05, 4.69) is 30.4 Å². The molecule has 1 saturated heterocycles. The number of carbonyl (C=O) groups is 4. The molecule has 2 aliphatic rings. The molecule has 0 spiro atoms. The fraction of sp³-hybridized carbons (Fsp3) is 0.357. The zero-order valence-electron chi connectivity index (χ0n) is 33.0. The lowest BCUT2D eigenvalue weighted by Crippen LogP contribution is -2.49. The predicted molar refractivity (Wildman–Crippen MR) is 220 cm³/mol. The molecular weight excluding hydrogens is 760 g/mol. The second-order valence-electron chi connectivity index (χ2n) is 14.3. The molecular formula is C42H47FN10O6. The SMILES string of the molecule is CCCC(C(=O)NC=O)N1C(=O)c2cccc(NCCOCCOCCN3CCN(c4ccc(-n5c(C)nc6ccc(-c7ccnc(N)c7)nc65)cc4F)CC3)c2C1=O. The van der Waals surface area contributed by atoms with Crippen LogP contribution in [0.5, 0.6) is 0 Å². The molecule has 1 atom stereocenters. The number of halogens is 1. The second-order valence-corrected chi connectivity index (χ2v) is 14.3. The van der Waals surface area contributed by atoms with Crippen LogP contribution in [0, 0.1) is 12.7 Å². The van der Waals surface area contributed by atoms with E-state index in [-0.39, 0.29) is 29.8 Å². The van der Waals surface area contributed by atoms with Crippen molar-refractivity contribution in [1.82, 2.24) is 34.6 Å². The number of carbonyl (C=O) groups excluding carboxylic acids is 4. The molecule has 59 heavy (non-hydrogen) atoms. The first-order valence-electron chi connectivity index (χ1n) is 19.7. The van der Waals surface area contributed by atoms with Gasteiger partial charge < -0.3 is 25.4 Å². The first kappa shape index (κ1) is 40.9. The first-order valence-corrected chi connectivity index (χ1v) is 19.7. The molecule has 4 N–H and O–H groups in total. The maximum atomic E-state index is 15.7. The Morgan fingerprint density at radius 3 is 2.51 bits per heavy atom. The number of aryl methyl sites for hydroxylation is 1. The number of nitrogen functional groups attached to an aromatic ring is 1. The summed E-state index contributed by atoms with van der Waals surface area (Å²) in [7, 11) is 0. The van der Waals surface area contributed by atoms with Gasteiger partial charge in [-0.2, -0.15) is 0 Å². The van der Waals surface area contributed by atoms with Crippen LogP contribution in [0.3, 0.4) is 0 Å². The Balaban J connectivity index is 0.824. The minimum absolute atomic E-state index is 0.195. The van der Waals surface area contributed by atoms with E-state index in [0.717, 1.165) is 35.8 Å². The van der Waals surface area contributed by atoms with Crippen LogP contribution >= 0.6 is 0 Å². The van der Waals surface area contributed by atoms with E-state index in [0.29, 0.717) is 92.4 Å². The zero-order valence-corrected chi connectivity index (χ0v) is 33.0. The number of hydrogen-bond acceptors (Lipinski definition) is 13. The van der Waals surface area contributed by atoms with Gasteiger partial charge in [-0.05, 0) is 61.9 Å². The van der Waals surface area contributed by atoms with Gasteiger partial charge in [0, 0.05) is 62.8 Å². The highest BCUT2D eigenvalue weighted by Crippen LogP contribution is 2.32. The molecule has 17 heteroatoms. The number of pyridine rings is 2. The number of hydrogen-bond donors (Lipinski definition) is 3. The minimum Gasteiger partial charge on any atom is -0.384 e. The number of nitrogens with zero attached hydrogens (tertiary/aromatic N) is 7. The average Bonchev–Trinajstić information content (AvgIpc) is 3.70. The van der Waals surface area contributed by atoms with E-state index < -0.39 is 23.8 Å². The molecule has 5 aromatic rings. The quantitative estimate of drug-likeness (QED) is 0.0659. The molecule has 16 nitrogen and oxygen atoms in total. The lowest BCUT2D eigenvalue weighted by atomic mass is 10.1. The number of amides is 4. The van der Waals surface area contributed by atoms with Gasteiger partial charge in [0.2, 0.25) is 12.3 Å². The number of ether oxygens (including phenoxy) is 2. The van der Waals surface area contributed by atoms with Gasteiger partial charge in [0.1, 0.15) is 29.0 Å². The van der Waals surface area contributed by atoms with Crippen molar-refractivity contribution in [3.8, 4) is 16.9 Å². The van der Waals surface area contributed by atoms with Crippen LogP contribution in [0.1, 0.15) is 46.3 Å². The van der Waals surface area contributed by atoms with Gasteiger partial charge in [0.05, 0.1) is 54.6 Å². The Morgan fingerprint density at radius 2 is 1.76 bits per heavy atom. The van der Waals surface area contributed by atoms with Crippen LogP contribution in [0.2, 0.25) is 0 Å². The van der Waals surface area contributed by atoms with E-state index in [1.807, 2.05) is 48.7 Å². The number of imide groups is 2. The van der Waals surface area contributed by atoms with Crippen molar-refractivity contribution in [3.63, 3.8) is 0 Å². The number of nitrogens with two attached hydrogens (primary N) is 1. The highest BCUT2D eigenvalue weighted by atomic mass is 19.1. The molecule has 1 fully saturated rings. The standard InChI is InChI=1S/C42H47FN10O6/c1-3-5-36(40(55)47-26-54)53-41(56)30-6-4-7-33(38(30)42(53)57)45-14-20-58-22-23-59-21-19-50-15-17-51(18-16-50)35-11-8-29(25-31(35)43)52-27(2)48-34-10-9-32(49-39(34)52)28-12-13-46-37(44)24-28/h4,6-13,24-26,36,45H,3,5,14-23H2,1-2H3,(H2,44,46)(H,47,54,55). The molecule has 0 bridgehead atoms. The van der Waals surface area contributed by atoms with Crippen LogP contribution < -0.4 is 21.3 Å². The van der Waals surface area contributed by atoms with E-state index in [1.54, 1.807) is 30.5 Å². The van der Waals surface area contributed by atoms with Gasteiger partial charge in [0.25, 0.3) is 11.8 Å². The van der Waals surface area contributed by atoms with Crippen molar-refractivity contribution < 1.29 is 33.0 Å². The molecule has 308 valence electrons. The topological polar surface area (TPSA) is 190 Å². The van der Waals surface area contributed by atoms with Crippen LogP contribution in [0.4, 0.5) is 21.6 Å². The molecule has 2 aromatic carbocycles. The van der Waals surface area contributed by atoms with Crippen molar-refractivity contribution in [2.75, 3.05) is 81.6 Å². The zero-order chi connectivity index (χ0) is 41.5. The van der Waals surface area contributed by atoms with Crippen molar-refractivity contribution in [2.24, 2.45) is 0 Å². The van der Waals surface area contributed by atoms with Crippen LogP contribution in [0.15, 0.2) is 66.9 Å².